The SMILES string of the molecule is CCCCCOC(=O)c1ccc(N2C[C@H](C(=O)O[C@@H](CCCl)C(=O)c3ccc(F)cc3)CC2=O)cc1. The van der Waals surface area contributed by atoms with Crippen LogP contribution < -0.4 is 4.90 Å². The molecule has 0 unspecified atom stereocenters. The molecule has 7 nitrogen and oxygen atoms in total. The lowest BCUT2D eigenvalue weighted by molar-refractivity contribution is -0.151. The molecule has 192 valence electrons. The van der Waals surface area contributed by atoms with Crippen molar-refractivity contribution in [3.8, 4) is 0 Å². The summed E-state index contributed by atoms with van der Waals surface area (Å²) in [6.45, 7) is 2.50. The first kappa shape index (κ1) is 27.3. The summed E-state index contributed by atoms with van der Waals surface area (Å²) in [4.78, 5) is 51.8. The molecular formula is C27H29ClFNO6. The van der Waals surface area contributed by atoms with Crippen LogP contribution in [-0.4, -0.2) is 48.8 Å². The standard InChI is InChI=1S/C27H29ClFNO6/c1-2-3-4-15-35-26(33)19-7-11-22(12-8-19)30-17-20(16-24(30)31)27(34)36-23(13-14-28)25(32)18-5-9-21(29)10-6-18/h5-12,20,23H,2-4,13-17H2,1H3/t20-,23+/m1/s1. The molecule has 1 saturated heterocycles. The molecule has 1 amide bonds. The van der Waals surface area contributed by atoms with Crippen LogP contribution >= 0.6 is 11.6 Å². The maximum atomic E-state index is 13.2. The number of benzene rings is 2. The minimum absolute atomic E-state index is 0.0710. The lowest BCUT2D eigenvalue weighted by Gasteiger charge is -2.19. The minimum Gasteiger partial charge on any atom is -0.462 e. The van der Waals surface area contributed by atoms with Gasteiger partial charge in [-0.3, -0.25) is 14.4 Å². The number of alkyl halides is 1. The second-order valence-corrected chi connectivity index (χ2v) is 8.95. The molecule has 36 heavy (non-hydrogen) atoms. The van der Waals surface area contributed by atoms with Crippen molar-refractivity contribution in [2.24, 2.45) is 5.92 Å². The number of anilines is 1. The number of esters is 2. The number of halogens is 2. The van der Waals surface area contributed by atoms with E-state index in [0.717, 1.165) is 31.4 Å². The third kappa shape index (κ3) is 7.13. The van der Waals surface area contributed by atoms with Gasteiger partial charge in [-0.25, -0.2) is 9.18 Å². The third-order valence-corrected chi connectivity index (χ3v) is 6.12. The predicted molar refractivity (Wildman–Crippen MR) is 133 cm³/mol. The molecule has 3 rings (SSSR count). The smallest absolute Gasteiger partial charge is 0.338 e. The molecular weight excluding hydrogens is 489 g/mol. The fourth-order valence-electron chi connectivity index (χ4n) is 3.87. The Hall–Kier alpha value is -3.26. The number of rotatable bonds is 12. The van der Waals surface area contributed by atoms with E-state index in [0.29, 0.717) is 17.9 Å². The Bertz CT molecular complexity index is 1070. The topological polar surface area (TPSA) is 90.0 Å². The fraction of sp³-hybridized carbons (Fsp3) is 0.407. The van der Waals surface area contributed by atoms with Crippen LogP contribution in [0.25, 0.3) is 0 Å². The van der Waals surface area contributed by atoms with E-state index in [-0.39, 0.29) is 36.7 Å². The van der Waals surface area contributed by atoms with Gasteiger partial charge >= 0.3 is 11.9 Å². The van der Waals surface area contributed by atoms with Gasteiger partial charge < -0.3 is 14.4 Å². The number of ether oxygens (including phenoxy) is 2. The molecule has 2 atom stereocenters. The van der Waals surface area contributed by atoms with E-state index < -0.39 is 35.6 Å². The Labute approximate surface area is 214 Å². The molecule has 0 aromatic heterocycles. The molecule has 0 bridgehead atoms. The van der Waals surface area contributed by atoms with Crippen molar-refractivity contribution in [1.82, 2.24) is 0 Å². The molecule has 1 heterocycles. The molecule has 0 spiro atoms. The van der Waals surface area contributed by atoms with Gasteiger partial charge in [-0.1, -0.05) is 19.8 Å². The Morgan fingerprint density at radius 3 is 2.36 bits per heavy atom. The summed E-state index contributed by atoms with van der Waals surface area (Å²) < 4.78 is 23.9. The number of Topliss-reactive ketones (excluding diaryl/α,β-unsaturated/α-hetero) is 1. The molecule has 0 saturated carbocycles. The van der Waals surface area contributed by atoms with Gasteiger partial charge in [0.1, 0.15) is 5.82 Å². The third-order valence-electron chi connectivity index (χ3n) is 5.90. The summed E-state index contributed by atoms with van der Waals surface area (Å²) in [6, 6.07) is 11.3. The van der Waals surface area contributed by atoms with E-state index in [1.165, 1.54) is 17.0 Å². The summed E-state index contributed by atoms with van der Waals surface area (Å²) in [7, 11) is 0. The summed E-state index contributed by atoms with van der Waals surface area (Å²) in [6.07, 6.45) is 1.71. The molecule has 1 aliphatic heterocycles. The Morgan fingerprint density at radius 1 is 1.06 bits per heavy atom. The van der Waals surface area contributed by atoms with Gasteiger partial charge in [0.05, 0.1) is 18.1 Å². The van der Waals surface area contributed by atoms with E-state index >= 15 is 0 Å². The Balaban J connectivity index is 1.60. The lowest BCUT2D eigenvalue weighted by Crippen LogP contribution is -2.32. The van der Waals surface area contributed by atoms with Gasteiger partial charge in [0.25, 0.3) is 0 Å². The van der Waals surface area contributed by atoms with Gasteiger partial charge in [-0.15, -0.1) is 11.6 Å². The number of carbonyl (C=O) groups excluding carboxylic acids is 4. The molecule has 1 aliphatic rings. The van der Waals surface area contributed by atoms with Crippen molar-refractivity contribution in [1.29, 1.82) is 0 Å². The van der Waals surface area contributed by atoms with Crippen LogP contribution in [0.1, 0.15) is 59.7 Å². The van der Waals surface area contributed by atoms with E-state index in [9.17, 15) is 23.6 Å². The molecule has 0 aliphatic carbocycles. The maximum Gasteiger partial charge on any atom is 0.338 e. The van der Waals surface area contributed by atoms with Crippen molar-refractivity contribution in [2.75, 3.05) is 23.9 Å². The predicted octanol–water partition coefficient (Wildman–Crippen LogP) is 4.95. The monoisotopic (exact) mass is 517 g/mol. The number of hydrogen-bond donors (Lipinski definition) is 0. The van der Waals surface area contributed by atoms with Crippen molar-refractivity contribution >= 4 is 40.9 Å². The second kappa shape index (κ2) is 13.2. The molecule has 0 N–H and O–H groups in total. The second-order valence-electron chi connectivity index (χ2n) is 8.57. The first-order valence-electron chi connectivity index (χ1n) is 12.0. The minimum atomic E-state index is -1.13. The van der Waals surface area contributed by atoms with E-state index in [4.69, 9.17) is 21.1 Å². The molecule has 2 aromatic rings. The maximum absolute atomic E-state index is 13.2. The number of unbranched alkanes of at least 4 members (excludes halogenated alkanes) is 2. The van der Waals surface area contributed by atoms with Gasteiger partial charge in [0.15, 0.2) is 6.10 Å². The molecule has 0 radical (unpaired) electrons. The molecule has 9 heteroatoms. The van der Waals surface area contributed by atoms with Gasteiger partial charge in [0.2, 0.25) is 11.7 Å². The zero-order valence-electron chi connectivity index (χ0n) is 20.1. The molecule has 1 fully saturated rings. The first-order valence-corrected chi connectivity index (χ1v) is 12.5. The highest BCUT2D eigenvalue weighted by Crippen LogP contribution is 2.27. The number of amides is 1. The highest BCUT2D eigenvalue weighted by atomic mass is 35.5. The number of carbonyl (C=O) groups is 4. The number of nitrogens with zero attached hydrogens (tertiary/aromatic N) is 1. The van der Waals surface area contributed by atoms with Crippen LogP contribution in [0.15, 0.2) is 48.5 Å². The average Bonchev–Trinajstić information content (AvgIpc) is 3.28. The van der Waals surface area contributed by atoms with Gasteiger partial charge in [-0.05, 0) is 55.0 Å². The van der Waals surface area contributed by atoms with Crippen LogP contribution in [0.3, 0.4) is 0 Å². The van der Waals surface area contributed by atoms with E-state index in [1.807, 2.05) is 0 Å². The van der Waals surface area contributed by atoms with Crippen LogP contribution in [0.4, 0.5) is 10.1 Å². The van der Waals surface area contributed by atoms with Crippen molar-refractivity contribution in [3.63, 3.8) is 0 Å². The van der Waals surface area contributed by atoms with Crippen LogP contribution in [0.5, 0.6) is 0 Å². The normalized spacial score (nSPS) is 16.0. The largest absolute Gasteiger partial charge is 0.462 e. The van der Waals surface area contributed by atoms with E-state index in [1.54, 1.807) is 24.3 Å². The number of hydrogen-bond acceptors (Lipinski definition) is 6. The lowest BCUT2D eigenvalue weighted by atomic mass is 10.0. The summed E-state index contributed by atoms with van der Waals surface area (Å²) in [5.74, 6) is -3.04. The van der Waals surface area contributed by atoms with Crippen LogP contribution in [0.2, 0.25) is 0 Å². The van der Waals surface area contributed by atoms with Crippen molar-refractivity contribution in [2.45, 2.75) is 45.1 Å². The first-order chi connectivity index (χ1) is 17.3. The Kier molecular flexibility index (Phi) is 9.99. The molecule has 2 aromatic carbocycles. The average molecular weight is 518 g/mol. The van der Waals surface area contributed by atoms with Crippen molar-refractivity contribution < 1.29 is 33.0 Å². The van der Waals surface area contributed by atoms with Crippen molar-refractivity contribution in [3.05, 3.63) is 65.5 Å². The zero-order valence-corrected chi connectivity index (χ0v) is 20.8. The highest BCUT2D eigenvalue weighted by molar-refractivity contribution is 6.18. The summed E-state index contributed by atoms with van der Waals surface area (Å²) in [5.41, 5.74) is 1.12. The fourth-order valence-corrected chi connectivity index (χ4v) is 4.07. The number of ketones is 1. The van der Waals surface area contributed by atoms with Crippen LogP contribution in [0, 0.1) is 11.7 Å². The summed E-state index contributed by atoms with van der Waals surface area (Å²) in [5, 5.41) is 0. The zero-order chi connectivity index (χ0) is 26.1. The highest BCUT2D eigenvalue weighted by Gasteiger charge is 2.38. The summed E-state index contributed by atoms with van der Waals surface area (Å²) >= 11 is 5.80. The van der Waals surface area contributed by atoms with E-state index in [2.05, 4.69) is 6.92 Å². The van der Waals surface area contributed by atoms with Gasteiger partial charge in [0, 0.05) is 36.5 Å². The quantitative estimate of drug-likeness (QED) is 0.171. The Morgan fingerprint density at radius 2 is 1.72 bits per heavy atom. The van der Waals surface area contributed by atoms with Gasteiger partial charge in [-0.2, -0.15) is 0 Å². The van der Waals surface area contributed by atoms with Crippen LogP contribution in [-0.2, 0) is 19.1 Å².